The van der Waals surface area contributed by atoms with Crippen molar-refractivity contribution >= 4 is 38.6 Å². The lowest BCUT2D eigenvalue weighted by Gasteiger charge is -2.29. The number of nitrogens with zero attached hydrogens (tertiary/aromatic N) is 3. The van der Waals surface area contributed by atoms with Crippen LogP contribution in [0.3, 0.4) is 0 Å². The number of ether oxygens (including phenoxy) is 3. The lowest BCUT2D eigenvalue weighted by atomic mass is 9.97. The number of carbonyl (C=O) groups is 2. The van der Waals surface area contributed by atoms with E-state index in [0.29, 0.717) is 11.0 Å². The topological polar surface area (TPSA) is 264 Å². The van der Waals surface area contributed by atoms with Gasteiger partial charge in [-0.2, -0.15) is 4.31 Å². The van der Waals surface area contributed by atoms with Crippen LogP contribution < -0.4 is 11.2 Å². The smallest absolute Gasteiger partial charge is 0.437 e. The molecule has 5 unspecified atom stereocenters. The number of phosphoric ester groups is 2. The highest BCUT2D eigenvalue weighted by molar-refractivity contribution is 7.61. The molecular formula is C32H45N3O17P2. The molecule has 4 rings (SSSR count). The lowest BCUT2D eigenvalue weighted by Crippen LogP contribution is -2.43. The summed E-state index contributed by atoms with van der Waals surface area (Å²) < 4.78 is 69.8. The highest BCUT2D eigenvalue weighted by atomic mass is 31.3. The summed E-state index contributed by atoms with van der Waals surface area (Å²) >= 11 is 0. The fourth-order valence-corrected chi connectivity index (χ4v) is 7.27. The number of esters is 2. The molecule has 20 nitrogen and oxygen atoms in total. The number of hydrogen-bond donors (Lipinski definition) is 3. The number of aliphatic hydroxyl groups is 2. The largest absolute Gasteiger partial charge is 0.489 e. The lowest BCUT2D eigenvalue weighted by molar-refractivity contribution is -0.182. The molecule has 0 aliphatic carbocycles. The third kappa shape index (κ3) is 10.6. The first-order chi connectivity index (χ1) is 24.9. The zero-order valence-corrected chi connectivity index (χ0v) is 32.6. The maximum atomic E-state index is 13.8. The van der Waals surface area contributed by atoms with Crippen molar-refractivity contribution in [1.29, 1.82) is 0 Å². The van der Waals surface area contributed by atoms with Gasteiger partial charge < -0.3 is 33.8 Å². The maximum Gasteiger partial charge on any atom is 0.489 e. The molecule has 3 aromatic rings. The molecule has 3 N–H and O–H groups in total. The molecule has 1 aliphatic heterocycles. The fraction of sp³-hybridized carbons (Fsp3) is 0.594. The van der Waals surface area contributed by atoms with Gasteiger partial charge in [0.05, 0.1) is 24.0 Å². The second-order valence-corrected chi connectivity index (χ2v) is 17.9. The van der Waals surface area contributed by atoms with Crippen LogP contribution in [0.25, 0.3) is 11.0 Å². The summed E-state index contributed by atoms with van der Waals surface area (Å²) in [5.74, 6) is -2.32. The number of para-hydroxylation sites is 1. The van der Waals surface area contributed by atoms with Gasteiger partial charge in [-0.05, 0) is 53.7 Å². The molecule has 3 heterocycles. The predicted octanol–water partition coefficient (Wildman–Crippen LogP) is 3.21. The number of aromatic nitrogens is 3. The third-order valence-electron chi connectivity index (χ3n) is 7.70. The van der Waals surface area contributed by atoms with E-state index in [1.807, 2.05) is 0 Å². The molecule has 0 amide bonds. The summed E-state index contributed by atoms with van der Waals surface area (Å²) in [4.78, 5) is 61.6. The van der Waals surface area contributed by atoms with E-state index < -0.39 is 99.8 Å². The van der Waals surface area contributed by atoms with Gasteiger partial charge in [0.15, 0.2) is 11.8 Å². The Labute approximate surface area is 309 Å². The van der Waals surface area contributed by atoms with Crippen LogP contribution in [0, 0.1) is 16.7 Å². The van der Waals surface area contributed by atoms with E-state index in [-0.39, 0.29) is 12.2 Å². The normalized spacial score (nSPS) is 22.1. The van der Waals surface area contributed by atoms with Crippen LogP contribution in [0.15, 0.2) is 50.6 Å². The van der Waals surface area contributed by atoms with Crippen molar-refractivity contribution in [2.24, 2.45) is 16.7 Å². The Morgan fingerprint density at radius 2 is 1.61 bits per heavy atom. The van der Waals surface area contributed by atoms with Crippen LogP contribution in [0.5, 0.6) is 0 Å². The standard InChI is InChI=1S/C32H45N3O17P2/c1-18(2)27(49-29(40)32(6,7)8)51-54(44,47-17-45-28(39)31(3,4)5)52-53(42,43)46-16-22-24(37)25(38)26(48-22)34-14-13-23(36)35(30(34)41)15-20-19-11-9-10-12-21(19)50-33-20/h9-14,18,22,24-27,37-38H,15-17H2,1-8H3,(H,42,43)/t22-,24?,25?,26-,27?,54?/m1/s1. The summed E-state index contributed by atoms with van der Waals surface area (Å²) in [6.07, 6.45) is -7.53. The van der Waals surface area contributed by atoms with Crippen molar-refractivity contribution in [2.75, 3.05) is 13.4 Å². The Kier molecular flexibility index (Phi) is 13.3. The van der Waals surface area contributed by atoms with Crippen molar-refractivity contribution < 1.29 is 70.4 Å². The van der Waals surface area contributed by atoms with Gasteiger partial charge in [0.25, 0.3) is 5.56 Å². The van der Waals surface area contributed by atoms with E-state index in [9.17, 15) is 43.4 Å². The molecule has 300 valence electrons. The number of phosphoric acid groups is 2. The van der Waals surface area contributed by atoms with Gasteiger partial charge in [-0.15, -0.1) is 0 Å². The van der Waals surface area contributed by atoms with Crippen molar-refractivity contribution in [3.63, 3.8) is 0 Å². The van der Waals surface area contributed by atoms with Crippen molar-refractivity contribution in [1.82, 2.24) is 14.3 Å². The molecule has 1 saturated heterocycles. The quantitative estimate of drug-likeness (QED) is 0.113. The van der Waals surface area contributed by atoms with Gasteiger partial charge in [0.1, 0.15) is 24.0 Å². The minimum Gasteiger partial charge on any atom is -0.437 e. The van der Waals surface area contributed by atoms with Gasteiger partial charge in [-0.1, -0.05) is 31.1 Å². The van der Waals surface area contributed by atoms with E-state index in [0.717, 1.165) is 21.4 Å². The molecule has 1 fully saturated rings. The van der Waals surface area contributed by atoms with E-state index in [1.165, 1.54) is 55.4 Å². The number of rotatable bonds is 15. The van der Waals surface area contributed by atoms with Crippen LogP contribution in [0.1, 0.15) is 67.3 Å². The van der Waals surface area contributed by atoms with E-state index >= 15 is 0 Å². The van der Waals surface area contributed by atoms with Gasteiger partial charge in [0.2, 0.25) is 13.1 Å². The molecule has 0 radical (unpaired) electrons. The molecule has 0 spiro atoms. The average molecular weight is 806 g/mol. The zero-order valence-electron chi connectivity index (χ0n) is 30.8. The Balaban J connectivity index is 1.50. The summed E-state index contributed by atoms with van der Waals surface area (Å²) in [5.41, 5.74) is -3.05. The van der Waals surface area contributed by atoms with Crippen LogP contribution in [-0.2, 0) is 57.4 Å². The summed E-state index contributed by atoms with van der Waals surface area (Å²) in [7, 11) is -10.8. The highest BCUT2D eigenvalue weighted by Crippen LogP contribution is 2.64. The SMILES string of the molecule is CC(C)C(OC(=O)C(C)(C)C)OP(=O)(OCOC(=O)C(C)(C)C)OP(=O)(O)OC[C@H]1O[C@@H](n2ccc(=O)n(Cc3noc4ccccc34)c2=O)C(O)C1O. The molecule has 0 saturated carbocycles. The molecular weight excluding hydrogens is 760 g/mol. The van der Waals surface area contributed by atoms with Gasteiger partial charge in [0, 0.05) is 23.6 Å². The first kappa shape index (κ1) is 43.2. The summed E-state index contributed by atoms with van der Waals surface area (Å²) in [5, 5.41) is 26.1. The summed E-state index contributed by atoms with van der Waals surface area (Å²) in [6, 6.07) is 7.79. The number of aliphatic hydroxyl groups excluding tert-OH is 2. The van der Waals surface area contributed by atoms with Crippen molar-refractivity contribution in [2.45, 2.75) is 92.8 Å². The van der Waals surface area contributed by atoms with Gasteiger partial charge in [-0.3, -0.25) is 28.0 Å². The zero-order chi connectivity index (χ0) is 40.4. The molecule has 0 bridgehead atoms. The first-order valence-electron chi connectivity index (χ1n) is 16.6. The molecule has 54 heavy (non-hydrogen) atoms. The van der Waals surface area contributed by atoms with Crippen LogP contribution >= 0.6 is 15.6 Å². The Morgan fingerprint density at radius 1 is 0.963 bits per heavy atom. The van der Waals surface area contributed by atoms with E-state index in [4.69, 9.17) is 36.6 Å². The Bertz CT molecular complexity index is 2030. The number of hydrogen-bond acceptors (Lipinski definition) is 17. The van der Waals surface area contributed by atoms with Crippen molar-refractivity contribution in [3.05, 3.63) is 63.1 Å². The van der Waals surface area contributed by atoms with E-state index in [2.05, 4.69) is 5.16 Å². The monoisotopic (exact) mass is 805 g/mol. The van der Waals surface area contributed by atoms with Gasteiger partial charge in [-0.25, -0.2) is 23.0 Å². The van der Waals surface area contributed by atoms with Crippen LogP contribution in [0.2, 0.25) is 0 Å². The number of fused-ring (bicyclic) bond motifs is 1. The average Bonchev–Trinajstić information content (AvgIpc) is 3.60. The van der Waals surface area contributed by atoms with Crippen LogP contribution in [0.4, 0.5) is 0 Å². The number of carbonyl (C=O) groups excluding carboxylic acids is 2. The van der Waals surface area contributed by atoms with E-state index in [1.54, 1.807) is 24.3 Å². The first-order valence-corrected chi connectivity index (χ1v) is 19.5. The molecule has 2 aromatic heterocycles. The van der Waals surface area contributed by atoms with Crippen molar-refractivity contribution in [3.8, 4) is 0 Å². The van der Waals surface area contributed by atoms with Crippen LogP contribution in [-0.4, -0.2) is 79.3 Å². The Hall–Kier alpha value is -3.55. The Morgan fingerprint density at radius 3 is 2.24 bits per heavy atom. The molecule has 1 aliphatic rings. The molecule has 7 atom stereocenters. The number of benzene rings is 1. The highest BCUT2D eigenvalue weighted by Gasteiger charge is 2.48. The predicted molar refractivity (Wildman–Crippen MR) is 185 cm³/mol. The maximum absolute atomic E-state index is 13.8. The van der Waals surface area contributed by atoms with Gasteiger partial charge >= 0.3 is 33.3 Å². The summed E-state index contributed by atoms with van der Waals surface area (Å²) in [6.45, 7) is 9.78. The molecule has 1 aromatic carbocycles. The third-order valence-corrected chi connectivity index (χ3v) is 10.7. The minimum atomic E-state index is -5.53. The molecule has 22 heteroatoms. The fourth-order valence-electron chi connectivity index (χ4n) is 4.61. The second-order valence-electron chi connectivity index (χ2n) is 14.7. The minimum absolute atomic E-state index is 0.269. The second kappa shape index (κ2) is 16.7.